The normalized spacial score (nSPS) is 18.4. The van der Waals surface area contributed by atoms with Crippen LogP contribution < -0.4 is 4.57 Å². The van der Waals surface area contributed by atoms with E-state index in [0.717, 1.165) is 11.0 Å². The average Bonchev–Trinajstić information content (AvgIpc) is 3.20. The molecule has 0 saturated carbocycles. The van der Waals surface area contributed by atoms with Crippen LogP contribution in [-0.2, 0) is 18.0 Å². The second kappa shape index (κ2) is 8.12. The van der Waals surface area contributed by atoms with Gasteiger partial charge in [-0.15, -0.1) is 0 Å². The molecule has 4 heteroatoms. The Morgan fingerprint density at radius 2 is 1.56 bits per heavy atom. The number of aliphatic hydroxyl groups is 1. The van der Waals surface area contributed by atoms with Gasteiger partial charge in [-0.05, 0) is 82.0 Å². The molecule has 7 rings (SSSR count). The highest BCUT2D eigenvalue weighted by Crippen LogP contribution is 2.53. The van der Waals surface area contributed by atoms with E-state index in [4.69, 9.17) is 4.98 Å². The van der Waals surface area contributed by atoms with Gasteiger partial charge in [0.25, 0.3) is 6.33 Å². The number of hydrogen-bond acceptors (Lipinski definition) is 2. The number of aromatic nitrogens is 3. The van der Waals surface area contributed by atoms with Gasteiger partial charge < -0.3 is 9.67 Å². The zero-order valence-corrected chi connectivity index (χ0v) is 23.7. The van der Waals surface area contributed by atoms with Gasteiger partial charge in [0.1, 0.15) is 11.1 Å². The molecule has 0 fully saturated rings. The summed E-state index contributed by atoms with van der Waals surface area (Å²) in [6.07, 6.45) is 2.72. The molecule has 4 nitrogen and oxygen atoms in total. The summed E-state index contributed by atoms with van der Waals surface area (Å²) in [5.74, 6) is 0.378. The molecule has 0 saturated heterocycles. The molecule has 0 radical (unpaired) electrons. The number of benzene rings is 4. The summed E-state index contributed by atoms with van der Waals surface area (Å²) in [5.41, 5.74) is 7.92. The quantitative estimate of drug-likeness (QED) is 0.249. The van der Waals surface area contributed by atoms with Gasteiger partial charge in [-0.25, -0.2) is 4.57 Å². The van der Waals surface area contributed by atoms with Crippen molar-refractivity contribution in [3.63, 3.8) is 0 Å². The van der Waals surface area contributed by atoms with Gasteiger partial charge in [-0.1, -0.05) is 69.3 Å². The molecule has 0 spiro atoms. The van der Waals surface area contributed by atoms with Crippen molar-refractivity contribution < 1.29 is 9.67 Å². The van der Waals surface area contributed by atoms with E-state index >= 15 is 0 Å². The number of fused-ring (bicyclic) bond motifs is 10. The van der Waals surface area contributed by atoms with E-state index in [9.17, 15) is 5.11 Å². The number of rotatable bonds is 3. The summed E-state index contributed by atoms with van der Waals surface area (Å²) in [7, 11) is 2.18. The molecule has 196 valence electrons. The first-order valence-electron chi connectivity index (χ1n) is 14.1. The van der Waals surface area contributed by atoms with E-state index in [1.807, 2.05) is 0 Å². The topological polar surface area (TPSA) is 41.9 Å². The molecule has 0 amide bonds. The summed E-state index contributed by atoms with van der Waals surface area (Å²) < 4.78 is 4.74. The molecule has 6 aromatic rings. The fourth-order valence-electron chi connectivity index (χ4n) is 7.36. The van der Waals surface area contributed by atoms with Crippen molar-refractivity contribution in [2.75, 3.05) is 6.61 Å². The van der Waals surface area contributed by atoms with E-state index in [1.54, 1.807) is 0 Å². The fraction of sp³-hybridized carbons (Fsp3) is 0.314. The van der Waals surface area contributed by atoms with Crippen LogP contribution in [0.3, 0.4) is 0 Å². The van der Waals surface area contributed by atoms with Crippen molar-refractivity contribution in [3.05, 3.63) is 84.2 Å². The van der Waals surface area contributed by atoms with Gasteiger partial charge in [-0.3, -0.25) is 0 Å². The Morgan fingerprint density at radius 1 is 0.897 bits per heavy atom. The molecule has 1 aliphatic heterocycles. The van der Waals surface area contributed by atoms with Crippen LogP contribution in [0.1, 0.15) is 58.1 Å². The first-order valence-corrected chi connectivity index (χ1v) is 14.1. The Balaban J connectivity index is 1.72. The minimum atomic E-state index is -0.331. The molecule has 2 aromatic heterocycles. The Bertz CT molecular complexity index is 1960. The third kappa shape index (κ3) is 3.04. The number of aryl methyl sites for hydroxylation is 1. The van der Waals surface area contributed by atoms with Crippen molar-refractivity contribution in [1.82, 2.24) is 9.55 Å². The van der Waals surface area contributed by atoms with Crippen LogP contribution in [-0.4, -0.2) is 21.3 Å². The van der Waals surface area contributed by atoms with Crippen LogP contribution in [0.4, 0.5) is 0 Å². The lowest BCUT2D eigenvalue weighted by atomic mass is 9.61. The Labute approximate surface area is 229 Å². The van der Waals surface area contributed by atoms with E-state index in [-0.39, 0.29) is 17.6 Å². The lowest BCUT2D eigenvalue weighted by Crippen LogP contribution is -2.66. The largest absolute Gasteiger partial charge is 0.396 e. The molecular weight excluding hydrogens is 478 g/mol. The Kier molecular flexibility index (Phi) is 5.06. The highest BCUT2D eigenvalue weighted by molar-refractivity contribution is 6.14. The summed E-state index contributed by atoms with van der Waals surface area (Å²) >= 11 is 0. The molecule has 1 atom stereocenters. The number of hydrogen-bond donors (Lipinski definition) is 1. The molecular formula is C35H36N3O+. The van der Waals surface area contributed by atoms with Gasteiger partial charge in [0.2, 0.25) is 5.52 Å². The predicted octanol–water partition coefficient (Wildman–Crippen LogP) is 7.50. The zero-order valence-electron chi connectivity index (χ0n) is 23.7. The third-order valence-electron chi connectivity index (χ3n) is 9.88. The highest BCUT2D eigenvalue weighted by atomic mass is 16.3. The van der Waals surface area contributed by atoms with E-state index in [0.29, 0.717) is 12.3 Å². The zero-order chi connectivity index (χ0) is 27.3. The van der Waals surface area contributed by atoms with Crippen molar-refractivity contribution in [2.24, 2.45) is 7.05 Å². The average molecular weight is 515 g/mol. The van der Waals surface area contributed by atoms with Gasteiger partial charge in [0, 0.05) is 24.6 Å². The lowest BCUT2D eigenvalue weighted by Gasteiger charge is -2.48. The first-order chi connectivity index (χ1) is 18.7. The number of nitrogens with zero attached hydrogens (tertiary/aromatic N) is 3. The monoisotopic (exact) mass is 514 g/mol. The van der Waals surface area contributed by atoms with Crippen molar-refractivity contribution in [2.45, 2.75) is 57.9 Å². The Morgan fingerprint density at radius 3 is 2.26 bits per heavy atom. The maximum Gasteiger partial charge on any atom is 0.287 e. The summed E-state index contributed by atoms with van der Waals surface area (Å²) in [5, 5.41) is 16.6. The van der Waals surface area contributed by atoms with Crippen molar-refractivity contribution in [1.29, 1.82) is 0 Å². The van der Waals surface area contributed by atoms with E-state index in [1.165, 1.54) is 54.8 Å². The number of aliphatic hydroxyl groups excluding tert-OH is 1. The second-order valence-electron chi connectivity index (χ2n) is 12.4. The first kappa shape index (κ1) is 24.3. The van der Waals surface area contributed by atoms with Crippen LogP contribution in [0.25, 0.3) is 54.7 Å². The lowest BCUT2D eigenvalue weighted by molar-refractivity contribution is -0.762. The molecule has 1 aliphatic rings. The van der Waals surface area contributed by atoms with Crippen molar-refractivity contribution >= 4 is 43.5 Å². The molecule has 4 aromatic carbocycles. The fourth-order valence-corrected chi connectivity index (χ4v) is 7.36. The van der Waals surface area contributed by atoms with Crippen molar-refractivity contribution in [3.8, 4) is 11.3 Å². The van der Waals surface area contributed by atoms with Crippen LogP contribution in [0.2, 0.25) is 0 Å². The summed E-state index contributed by atoms with van der Waals surface area (Å²) in [4.78, 5) is 5.14. The molecule has 1 N–H and O–H groups in total. The summed E-state index contributed by atoms with van der Waals surface area (Å²) in [6.45, 7) is 11.7. The minimum absolute atomic E-state index is 0.131. The maximum atomic E-state index is 10.4. The highest BCUT2D eigenvalue weighted by Gasteiger charge is 2.54. The third-order valence-corrected chi connectivity index (χ3v) is 9.88. The predicted molar refractivity (Wildman–Crippen MR) is 161 cm³/mol. The molecule has 0 aliphatic carbocycles. The van der Waals surface area contributed by atoms with Gasteiger partial charge >= 0.3 is 0 Å². The minimum Gasteiger partial charge on any atom is -0.396 e. The molecule has 3 heterocycles. The SMILES string of the molecule is CC(C)c1cc2c(c3ccccc13)C(C)(CCO)C(C)(C)[n+]1cnc3c4cc5ccccc5cc4n(C)c3c1-2. The molecule has 39 heavy (non-hydrogen) atoms. The van der Waals surface area contributed by atoms with E-state index < -0.39 is 0 Å². The van der Waals surface area contributed by atoms with Crippen LogP contribution >= 0.6 is 0 Å². The molecule has 1 unspecified atom stereocenters. The van der Waals surface area contributed by atoms with Crippen LogP contribution in [0, 0.1) is 0 Å². The van der Waals surface area contributed by atoms with Gasteiger partial charge in [0.05, 0.1) is 10.9 Å². The second-order valence-corrected chi connectivity index (χ2v) is 12.4. The molecule has 0 bridgehead atoms. The van der Waals surface area contributed by atoms with E-state index in [2.05, 4.69) is 124 Å². The smallest absolute Gasteiger partial charge is 0.287 e. The van der Waals surface area contributed by atoms with Gasteiger partial charge in [0.15, 0.2) is 5.69 Å². The maximum absolute atomic E-state index is 10.4. The van der Waals surface area contributed by atoms with Crippen LogP contribution in [0.5, 0.6) is 0 Å². The van der Waals surface area contributed by atoms with Crippen LogP contribution in [0.15, 0.2) is 73.1 Å². The Hall–Kier alpha value is -3.76. The standard InChI is InChI=1S/C35H36N3O/c1-21(2)26-19-28-30(25-14-10-9-13-24(25)26)35(5,15-16-39)34(3,4)38-20-36-31-27-17-22-11-7-8-12-23(22)18-29(27)37(6)33(31)32(28)38/h7-14,17-21,39H,15-16H2,1-6H3/q+1. The summed E-state index contributed by atoms with van der Waals surface area (Å²) in [6, 6.07) is 24.5. The van der Waals surface area contributed by atoms with Gasteiger partial charge in [-0.2, -0.15) is 0 Å².